The summed E-state index contributed by atoms with van der Waals surface area (Å²) in [5.41, 5.74) is -0.276. The predicted molar refractivity (Wildman–Crippen MR) is 77.4 cm³/mol. The van der Waals surface area contributed by atoms with E-state index in [9.17, 15) is 14.7 Å². The fourth-order valence-corrected chi connectivity index (χ4v) is 3.89. The van der Waals surface area contributed by atoms with Crippen molar-refractivity contribution >= 4 is 11.9 Å². The second kappa shape index (κ2) is 6.59. The topological polar surface area (TPSA) is 57.6 Å². The van der Waals surface area contributed by atoms with Crippen LogP contribution in [-0.2, 0) is 9.59 Å². The lowest BCUT2D eigenvalue weighted by molar-refractivity contribution is -0.143. The summed E-state index contributed by atoms with van der Waals surface area (Å²) < 4.78 is 0. The zero-order valence-electron chi connectivity index (χ0n) is 12.6. The van der Waals surface area contributed by atoms with Crippen LogP contribution in [0, 0.1) is 11.3 Å². The zero-order valence-corrected chi connectivity index (χ0v) is 12.6. The first-order chi connectivity index (χ1) is 9.51. The first kappa shape index (κ1) is 15.3. The minimum Gasteiger partial charge on any atom is -0.481 e. The highest BCUT2D eigenvalue weighted by atomic mass is 16.4. The molecule has 1 N–H and O–H groups in total. The Bertz CT molecular complexity index is 361. The van der Waals surface area contributed by atoms with Crippen molar-refractivity contribution in [3.63, 3.8) is 0 Å². The van der Waals surface area contributed by atoms with Crippen LogP contribution in [-0.4, -0.2) is 35.0 Å². The number of carbonyl (C=O) groups excluding carboxylic acids is 1. The molecular formula is C16H27NO3. The maximum atomic E-state index is 12.5. The molecule has 1 atom stereocenters. The molecule has 1 aliphatic carbocycles. The molecule has 0 radical (unpaired) electrons. The average Bonchev–Trinajstić information content (AvgIpc) is 2.38. The van der Waals surface area contributed by atoms with Gasteiger partial charge in [0.05, 0.1) is 6.42 Å². The molecule has 0 aromatic heterocycles. The normalized spacial score (nSPS) is 26.2. The molecule has 0 bridgehead atoms. The van der Waals surface area contributed by atoms with E-state index >= 15 is 0 Å². The molecule has 1 amide bonds. The van der Waals surface area contributed by atoms with Gasteiger partial charge < -0.3 is 10.0 Å². The molecule has 4 heteroatoms. The van der Waals surface area contributed by atoms with Crippen LogP contribution in [0.3, 0.4) is 0 Å². The molecule has 0 aromatic rings. The second-order valence-corrected chi connectivity index (χ2v) is 6.90. The molecule has 2 rings (SSSR count). The molecule has 1 aliphatic heterocycles. The lowest BCUT2D eigenvalue weighted by atomic mass is 9.69. The fraction of sp³-hybridized carbons (Fsp3) is 0.875. The Morgan fingerprint density at radius 3 is 2.45 bits per heavy atom. The van der Waals surface area contributed by atoms with Gasteiger partial charge in [0.1, 0.15) is 0 Å². The van der Waals surface area contributed by atoms with Gasteiger partial charge in [0.25, 0.3) is 0 Å². The molecule has 0 aromatic carbocycles. The van der Waals surface area contributed by atoms with Crippen molar-refractivity contribution in [2.45, 2.75) is 64.7 Å². The fourth-order valence-electron chi connectivity index (χ4n) is 3.89. The van der Waals surface area contributed by atoms with Crippen LogP contribution in [0.4, 0.5) is 0 Å². The molecule has 2 fully saturated rings. The quantitative estimate of drug-likeness (QED) is 0.861. The molecule has 114 valence electrons. The molecule has 1 heterocycles. The molecule has 4 nitrogen and oxygen atoms in total. The number of rotatable bonds is 4. The number of nitrogens with zero attached hydrogens (tertiary/aromatic N) is 1. The third-order valence-corrected chi connectivity index (χ3v) is 4.98. The number of piperidine rings is 1. The minimum absolute atomic E-state index is 0.155. The number of carbonyl (C=O) groups is 2. The third-order valence-electron chi connectivity index (χ3n) is 4.98. The summed E-state index contributed by atoms with van der Waals surface area (Å²) in [4.78, 5) is 25.7. The molecule has 1 saturated carbocycles. The van der Waals surface area contributed by atoms with Gasteiger partial charge in [-0.05, 0) is 37.0 Å². The zero-order chi connectivity index (χ0) is 14.6. The summed E-state index contributed by atoms with van der Waals surface area (Å²) in [5.74, 6) is 0.000826. The second-order valence-electron chi connectivity index (χ2n) is 6.90. The van der Waals surface area contributed by atoms with Crippen LogP contribution in [0.1, 0.15) is 64.7 Å². The Balaban J connectivity index is 1.99. The standard InChI is InChI=1S/C16H27NO3/c1-13-6-5-9-17(12-13)14(18)10-16(11-15(19)20)7-3-2-4-8-16/h13H,2-12H2,1H3,(H,19,20). The molecule has 0 spiro atoms. The molecular weight excluding hydrogens is 254 g/mol. The number of hydrogen-bond acceptors (Lipinski definition) is 2. The van der Waals surface area contributed by atoms with E-state index in [-0.39, 0.29) is 17.7 Å². The van der Waals surface area contributed by atoms with Crippen LogP contribution in [0.15, 0.2) is 0 Å². The van der Waals surface area contributed by atoms with Gasteiger partial charge in [0.2, 0.25) is 5.91 Å². The van der Waals surface area contributed by atoms with Crippen LogP contribution in [0.2, 0.25) is 0 Å². The van der Waals surface area contributed by atoms with E-state index in [4.69, 9.17) is 0 Å². The number of amides is 1. The SMILES string of the molecule is CC1CCCN(C(=O)CC2(CC(=O)O)CCCCC2)C1. The Kier molecular flexibility index (Phi) is 5.06. The molecule has 1 saturated heterocycles. The Hall–Kier alpha value is -1.06. The number of hydrogen-bond donors (Lipinski definition) is 1. The van der Waals surface area contributed by atoms with Crippen molar-refractivity contribution in [2.24, 2.45) is 11.3 Å². The maximum Gasteiger partial charge on any atom is 0.303 e. The Labute approximate surface area is 121 Å². The van der Waals surface area contributed by atoms with Crippen molar-refractivity contribution in [3.05, 3.63) is 0 Å². The van der Waals surface area contributed by atoms with Gasteiger partial charge in [-0.3, -0.25) is 9.59 Å². The summed E-state index contributed by atoms with van der Waals surface area (Å²) in [7, 11) is 0. The van der Waals surface area contributed by atoms with E-state index in [1.54, 1.807) is 0 Å². The van der Waals surface area contributed by atoms with Gasteiger partial charge in [0.15, 0.2) is 0 Å². The van der Waals surface area contributed by atoms with E-state index in [2.05, 4.69) is 6.92 Å². The largest absolute Gasteiger partial charge is 0.481 e. The van der Waals surface area contributed by atoms with Crippen molar-refractivity contribution in [1.82, 2.24) is 4.90 Å². The van der Waals surface area contributed by atoms with E-state index in [1.165, 1.54) is 12.8 Å². The summed E-state index contributed by atoms with van der Waals surface area (Å²) in [6.07, 6.45) is 7.98. The van der Waals surface area contributed by atoms with Crippen LogP contribution >= 0.6 is 0 Å². The van der Waals surface area contributed by atoms with Gasteiger partial charge in [-0.15, -0.1) is 0 Å². The van der Waals surface area contributed by atoms with E-state index in [1.807, 2.05) is 4.90 Å². The van der Waals surface area contributed by atoms with Gasteiger partial charge in [-0.1, -0.05) is 26.2 Å². The van der Waals surface area contributed by atoms with Gasteiger partial charge in [-0.2, -0.15) is 0 Å². The summed E-state index contributed by atoms with van der Waals surface area (Å²) in [6, 6.07) is 0. The highest BCUT2D eigenvalue weighted by molar-refractivity contribution is 5.78. The van der Waals surface area contributed by atoms with Crippen molar-refractivity contribution < 1.29 is 14.7 Å². The van der Waals surface area contributed by atoms with Crippen molar-refractivity contribution in [3.8, 4) is 0 Å². The van der Waals surface area contributed by atoms with Crippen molar-refractivity contribution in [1.29, 1.82) is 0 Å². The maximum absolute atomic E-state index is 12.5. The average molecular weight is 281 g/mol. The van der Waals surface area contributed by atoms with E-state index < -0.39 is 5.97 Å². The van der Waals surface area contributed by atoms with E-state index in [0.29, 0.717) is 12.3 Å². The number of likely N-dealkylation sites (tertiary alicyclic amines) is 1. The van der Waals surface area contributed by atoms with Crippen molar-refractivity contribution in [2.75, 3.05) is 13.1 Å². The highest BCUT2D eigenvalue weighted by Gasteiger charge is 2.38. The summed E-state index contributed by atoms with van der Waals surface area (Å²) in [5, 5.41) is 9.17. The molecule has 20 heavy (non-hydrogen) atoms. The summed E-state index contributed by atoms with van der Waals surface area (Å²) in [6.45, 7) is 3.89. The first-order valence-corrected chi connectivity index (χ1v) is 8.00. The summed E-state index contributed by atoms with van der Waals surface area (Å²) >= 11 is 0. The smallest absolute Gasteiger partial charge is 0.303 e. The Morgan fingerprint density at radius 2 is 1.85 bits per heavy atom. The van der Waals surface area contributed by atoms with Gasteiger partial charge in [-0.25, -0.2) is 0 Å². The number of aliphatic carboxylic acids is 1. The monoisotopic (exact) mass is 281 g/mol. The number of carboxylic acid groups (broad SMARTS) is 1. The van der Waals surface area contributed by atoms with Gasteiger partial charge >= 0.3 is 5.97 Å². The van der Waals surface area contributed by atoms with Crippen LogP contribution < -0.4 is 0 Å². The Morgan fingerprint density at radius 1 is 1.15 bits per heavy atom. The first-order valence-electron chi connectivity index (χ1n) is 8.00. The third kappa shape index (κ3) is 3.97. The molecule has 2 aliphatic rings. The highest BCUT2D eigenvalue weighted by Crippen LogP contribution is 2.42. The minimum atomic E-state index is -0.758. The van der Waals surface area contributed by atoms with Gasteiger partial charge in [0, 0.05) is 19.5 Å². The van der Waals surface area contributed by atoms with Crippen LogP contribution in [0.25, 0.3) is 0 Å². The lowest BCUT2D eigenvalue weighted by Gasteiger charge is -2.38. The van der Waals surface area contributed by atoms with Crippen LogP contribution in [0.5, 0.6) is 0 Å². The molecule has 1 unspecified atom stereocenters. The number of carboxylic acids is 1. The predicted octanol–water partition coefficient (Wildman–Crippen LogP) is 3.06. The van der Waals surface area contributed by atoms with E-state index in [0.717, 1.165) is 45.2 Å². The lowest BCUT2D eigenvalue weighted by Crippen LogP contribution is -2.42.